The summed E-state index contributed by atoms with van der Waals surface area (Å²) in [5.41, 5.74) is 4.38. The SMILES string of the molecule is CCOC(=O)C(C(N)=O)=C1OC(c2ccccc2)=CC1=Nc1cccc(C(F)(F)F)c1. The Labute approximate surface area is 175 Å². The Morgan fingerprint density at radius 3 is 2.42 bits per heavy atom. The Morgan fingerprint density at radius 1 is 1.10 bits per heavy atom. The number of benzene rings is 2. The quantitative estimate of drug-likeness (QED) is 0.334. The molecule has 2 N–H and O–H groups in total. The maximum atomic E-state index is 13.0. The van der Waals surface area contributed by atoms with Crippen molar-refractivity contribution in [1.29, 1.82) is 0 Å². The van der Waals surface area contributed by atoms with Crippen molar-refractivity contribution in [3.05, 3.63) is 83.1 Å². The third-order valence-corrected chi connectivity index (χ3v) is 4.15. The highest BCUT2D eigenvalue weighted by Crippen LogP contribution is 2.34. The second-order valence-electron chi connectivity index (χ2n) is 6.31. The molecule has 0 aromatic heterocycles. The fourth-order valence-electron chi connectivity index (χ4n) is 2.79. The zero-order chi connectivity index (χ0) is 22.6. The summed E-state index contributed by atoms with van der Waals surface area (Å²) in [7, 11) is 0. The Hall–Kier alpha value is -3.88. The summed E-state index contributed by atoms with van der Waals surface area (Å²) in [6, 6.07) is 13.0. The predicted molar refractivity (Wildman–Crippen MR) is 107 cm³/mol. The van der Waals surface area contributed by atoms with Gasteiger partial charge in [-0.2, -0.15) is 13.2 Å². The molecule has 3 rings (SSSR count). The van der Waals surface area contributed by atoms with Crippen LogP contribution in [0, 0.1) is 0 Å². The van der Waals surface area contributed by atoms with E-state index in [1.54, 1.807) is 37.3 Å². The number of carbonyl (C=O) groups is 2. The van der Waals surface area contributed by atoms with Crippen LogP contribution in [0.3, 0.4) is 0 Å². The number of halogens is 3. The molecular formula is C22H17F3N2O4. The fraction of sp³-hybridized carbons (Fsp3) is 0.136. The number of allylic oxidation sites excluding steroid dienone is 1. The second-order valence-corrected chi connectivity index (χ2v) is 6.31. The van der Waals surface area contributed by atoms with E-state index in [2.05, 4.69) is 4.99 Å². The Kier molecular flexibility index (Phi) is 6.24. The molecule has 0 aliphatic carbocycles. The van der Waals surface area contributed by atoms with E-state index >= 15 is 0 Å². The van der Waals surface area contributed by atoms with Crippen LogP contribution in [-0.4, -0.2) is 24.2 Å². The molecule has 0 saturated heterocycles. The molecule has 2 aromatic carbocycles. The molecule has 1 amide bonds. The van der Waals surface area contributed by atoms with E-state index in [9.17, 15) is 22.8 Å². The van der Waals surface area contributed by atoms with Gasteiger partial charge in [-0.15, -0.1) is 0 Å². The number of alkyl halides is 3. The molecule has 1 heterocycles. The summed E-state index contributed by atoms with van der Waals surface area (Å²) in [4.78, 5) is 28.5. The van der Waals surface area contributed by atoms with Crippen molar-refractivity contribution in [1.82, 2.24) is 0 Å². The molecule has 6 nitrogen and oxygen atoms in total. The van der Waals surface area contributed by atoms with Crippen LogP contribution in [0.5, 0.6) is 0 Å². The van der Waals surface area contributed by atoms with E-state index in [-0.39, 0.29) is 29.5 Å². The molecule has 9 heteroatoms. The number of carbonyl (C=O) groups excluding carboxylic acids is 2. The summed E-state index contributed by atoms with van der Waals surface area (Å²) in [5.74, 6) is -2.19. The van der Waals surface area contributed by atoms with Gasteiger partial charge in [0, 0.05) is 11.6 Å². The first-order valence-corrected chi connectivity index (χ1v) is 9.13. The van der Waals surface area contributed by atoms with Crippen molar-refractivity contribution in [3.8, 4) is 0 Å². The van der Waals surface area contributed by atoms with Gasteiger partial charge in [-0.3, -0.25) is 4.79 Å². The van der Waals surface area contributed by atoms with Crippen LogP contribution in [0.4, 0.5) is 18.9 Å². The number of hydrogen-bond acceptors (Lipinski definition) is 5. The van der Waals surface area contributed by atoms with Crippen LogP contribution >= 0.6 is 0 Å². The van der Waals surface area contributed by atoms with Crippen molar-refractivity contribution < 1.29 is 32.2 Å². The molecule has 1 aliphatic rings. The minimum Gasteiger partial charge on any atom is -0.462 e. The number of primary amides is 1. The first-order chi connectivity index (χ1) is 14.7. The molecule has 2 aromatic rings. The van der Waals surface area contributed by atoms with Crippen molar-refractivity contribution in [2.45, 2.75) is 13.1 Å². The number of esters is 1. The highest BCUT2D eigenvalue weighted by molar-refractivity contribution is 6.26. The maximum Gasteiger partial charge on any atom is 0.416 e. The van der Waals surface area contributed by atoms with Crippen LogP contribution in [0.15, 0.2) is 77.0 Å². The summed E-state index contributed by atoms with van der Waals surface area (Å²) >= 11 is 0. The first-order valence-electron chi connectivity index (χ1n) is 9.13. The third kappa shape index (κ3) is 5.00. The molecule has 0 unspecified atom stereocenters. The van der Waals surface area contributed by atoms with Crippen LogP contribution < -0.4 is 5.73 Å². The molecular weight excluding hydrogens is 413 g/mol. The van der Waals surface area contributed by atoms with E-state index in [0.717, 1.165) is 12.1 Å². The molecule has 0 saturated carbocycles. The molecule has 31 heavy (non-hydrogen) atoms. The van der Waals surface area contributed by atoms with Gasteiger partial charge < -0.3 is 15.2 Å². The van der Waals surface area contributed by atoms with Gasteiger partial charge in [-0.1, -0.05) is 36.4 Å². The van der Waals surface area contributed by atoms with Crippen molar-refractivity contribution in [2.24, 2.45) is 10.7 Å². The molecule has 0 radical (unpaired) electrons. The van der Waals surface area contributed by atoms with Crippen LogP contribution in [0.1, 0.15) is 18.1 Å². The van der Waals surface area contributed by atoms with E-state index in [0.29, 0.717) is 5.56 Å². The van der Waals surface area contributed by atoms with Gasteiger partial charge in [-0.25, -0.2) is 9.79 Å². The standard InChI is InChI=1S/C22H17F3N2O4/c1-2-30-21(29)18(20(26)28)19-16(12-17(31-19)13-7-4-3-5-8-13)27-15-10-6-9-14(11-15)22(23,24)25/h3-12H,2H2,1H3,(H2,26,28). The van der Waals surface area contributed by atoms with Crippen LogP contribution in [0.25, 0.3) is 5.76 Å². The lowest BCUT2D eigenvalue weighted by atomic mass is 10.1. The van der Waals surface area contributed by atoms with E-state index < -0.39 is 29.2 Å². The van der Waals surface area contributed by atoms with Gasteiger partial charge >= 0.3 is 12.1 Å². The molecule has 1 aliphatic heterocycles. The Morgan fingerprint density at radius 2 is 1.81 bits per heavy atom. The lowest BCUT2D eigenvalue weighted by molar-refractivity contribution is -0.140. The van der Waals surface area contributed by atoms with Gasteiger partial charge in [0.2, 0.25) is 0 Å². The number of aliphatic imine (C=N–C) groups is 1. The summed E-state index contributed by atoms with van der Waals surface area (Å²) in [5, 5.41) is 0. The number of rotatable bonds is 5. The summed E-state index contributed by atoms with van der Waals surface area (Å²) in [6.07, 6.45) is -3.15. The molecule has 0 fully saturated rings. The summed E-state index contributed by atoms with van der Waals surface area (Å²) in [6.45, 7) is 1.52. The van der Waals surface area contributed by atoms with E-state index in [1.807, 2.05) is 0 Å². The number of amides is 1. The zero-order valence-electron chi connectivity index (χ0n) is 16.3. The lowest BCUT2D eigenvalue weighted by Crippen LogP contribution is -2.26. The highest BCUT2D eigenvalue weighted by Gasteiger charge is 2.33. The topological polar surface area (TPSA) is 91.0 Å². The smallest absolute Gasteiger partial charge is 0.416 e. The highest BCUT2D eigenvalue weighted by atomic mass is 19.4. The molecule has 0 spiro atoms. The van der Waals surface area contributed by atoms with Crippen LogP contribution in [0.2, 0.25) is 0 Å². The van der Waals surface area contributed by atoms with Gasteiger partial charge in [-0.05, 0) is 25.1 Å². The van der Waals surface area contributed by atoms with Crippen LogP contribution in [-0.2, 0) is 25.2 Å². The average molecular weight is 430 g/mol. The Bertz CT molecular complexity index is 1100. The number of ether oxygens (including phenoxy) is 2. The third-order valence-electron chi connectivity index (χ3n) is 4.15. The van der Waals surface area contributed by atoms with Gasteiger partial charge in [0.05, 0.1) is 17.9 Å². The largest absolute Gasteiger partial charge is 0.462 e. The van der Waals surface area contributed by atoms with E-state index in [1.165, 1.54) is 18.2 Å². The van der Waals surface area contributed by atoms with Gasteiger partial charge in [0.1, 0.15) is 11.5 Å². The monoisotopic (exact) mass is 430 g/mol. The fourth-order valence-corrected chi connectivity index (χ4v) is 2.79. The van der Waals surface area contributed by atoms with Crippen molar-refractivity contribution >= 4 is 29.0 Å². The lowest BCUT2D eigenvalue weighted by Gasteiger charge is -2.10. The summed E-state index contributed by atoms with van der Waals surface area (Å²) < 4.78 is 49.7. The van der Waals surface area contributed by atoms with Gasteiger partial charge in [0.15, 0.2) is 11.3 Å². The predicted octanol–water partition coefficient (Wildman–Crippen LogP) is 4.15. The first kappa shape index (κ1) is 21.8. The number of nitrogens with zero attached hydrogens (tertiary/aromatic N) is 1. The molecule has 0 atom stereocenters. The van der Waals surface area contributed by atoms with Gasteiger partial charge in [0.25, 0.3) is 5.91 Å². The number of hydrogen-bond donors (Lipinski definition) is 1. The molecule has 0 bridgehead atoms. The maximum absolute atomic E-state index is 13.0. The average Bonchev–Trinajstić information content (AvgIpc) is 3.11. The minimum atomic E-state index is -4.56. The normalized spacial score (nSPS) is 16.5. The van der Waals surface area contributed by atoms with Crippen molar-refractivity contribution in [3.63, 3.8) is 0 Å². The Balaban J connectivity index is 2.17. The second kappa shape index (κ2) is 8.86. The number of nitrogens with two attached hydrogens (primary N) is 1. The minimum absolute atomic E-state index is 0.0258. The zero-order valence-corrected chi connectivity index (χ0v) is 16.3. The van der Waals surface area contributed by atoms with E-state index in [4.69, 9.17) is 15.2 Å². The molecule has 160 valence electrons. The van der Waals surface area contributed by atoms with Crippen molar-refractivity contribution in [2.75, 3.05) is 6.61 Å².